The van der Waals surface area contributed by atoms with E-state index in [-0.39, 0.29) is 5.91 Å². The molecular formula is C18H22N2O. The highest BCUT2D eigenvalue weighted by molar-refractivity contribution is 5.86. The first kappa shape index (κ1) is 12.9. The Labute approximate surface area is 125 Å². The number of nitrogens with one attached hydrogen (secondary N) is 1. The monoisotopic (exact) mass is 282 g/mol. The second-order valence-electron chi connectivity index (χ2n) is 6.58. The third kappa shape index (κ3) is 2.06. The molecule has 1 heterocycles. The molecule has 3 nitrogen and oxygen atoms in total. The Kier molecular flexibility index (Phi) is 3.02. The third-order valence-corrected chi connectivity index (χ3v) is 5.35. The van der Waals surface area contributed by atoms with Crippen molar-refractivity contribution >= 4 is 16.8 Å². The smallest absolute Gasteiger partial charge is 0.223 e. The van der Waals surface area contributed by atoms with Crippen LogP contribution in [0, 0.1) is 5.92 Å². The minimum absolute atomic E-state index is 0.287. The van der Waals surface area contributed by atoms with E-state index in [9.17, 15) is 4.79 Å². The third-order valence-electron chi connectivity index (χ3n) is 5.35. The van der Waals surface area contributed by atoms with E-state index in [1.807, 2.05) is 0 Å². The first-order valence-electron chi connectivity index (χ1n) is 8.09. The average Bonchev–Trinajstić information content (AvgIpc) is 2.71. The van der Waals surface area contributed by atoms with Gasteiger partial charge in [0.25, 0.3) is 0 Å². The van der Waals surface area contributed by atoms with Crippen molar-refractivity contribution in [3.05, 3.63) is 35.5 Å². The molecule has 3 heteroatoms. The second-order valence-corrected chi connectivity index (χ2v) is 6.58. The van der Waals surface area contributed by atoms with Gasteiger partial charge in [0.2, 0.25) is 5.91 Å². The highest BCUT2D eigenvalue weighted by atomic mass is 16.2. The van der Waals surface area contributed by atoms with E-state index in [1.165, 1.54) is 28.6 Å². The van der Waals surface area contributed by atoms with Gasteiger partial charge in [-0.3, -0.25) is 4.79 Å². The molecule has 1 amide bonds. The molecule has 2 aliphatic carbocycles. The van der Waals surface area contributed by atoms with E-state index in [4.69, 9.17) is 0 Å². The lowest BCUT2D eigenvalue weighted by atomic mass is 9.84. The standard InChI is InChI=1S/C18H22N2O/c1-20-16-8-3-2-7-14(16)15-11-13(9-10-17(15)20)19-18(21)12-5-4-6-12/h2-3,7-8,12-13H,4-6,9-11H2,1H3,(H,19,21). The number of fused-ring (bicyclic) bond motifs is 3. The molecule has 1 aromatic heterocycles. The van der Waals surface area contributed by atoms with Gasteiger partial charge in [-0.2, -0.15) is 0 Å². The number of nitrogens with zero attached hydrogens (tertiary/aromatic N) is 1. The topological polar surface area (TPSA) is 34.0 Å². The number of amides is 1. The predicted octanol–water partition coefficient (Wildman–Crippen LogP) is 2.95. The van der Waals surface area contributed by atoms with Gasteiger partial charge in [-0.1, -0.05) is 24.6 Å². The Balaban J connectivity index is 1.59. The van der Waals surface area contributed by atoms with Crippen molar-refractivity contribution in [2.75, 3.05) is 0 Å². The Morgan fingerprint density at radius 3 is 2.81 bits per heavy atom. The van der Waals surface area contributed by atoms with Crippen molar-refractivity contribution in [1.82, 2.24) is 9.88 Å². The first-order valence-corrected chi connectivity index (χ1v) is 8.09. The van der Waals surface area contributed by atoms with Crippen LogP contribution in [0.5, 0.6) is 0 Å². The van der Waals surface area contributed by atoms with Crippen LogP contribution in [-0.2, 0) is 24.7 Å². The summed E-state index contributed by atoms with van der Waals surface area (Å²) in [6.45, 7) is 0. The minimum Gasteiger partial charge on any atom is -0.353 e. The molecule has 1 atom stereocenters. The van der Waals surface area contributed by atoms with Crippen LogP contribution >= 0.6 is 0 Å². The van der Waals surface area contributed by atoms with Crippen molar-refractivity contribution < 1.29 is 4.79 Å². The number of hydrogen-bond donors (Lipinski definition) is 1. The summed E-state index contributed by atoms with van der Waals surface area (Å²) in [6.07, 6.45) is 6.49. The fourth-order valence-electron chi connectivity index (χ4n) is 3.84. The highest BCUT2D eigenvalue weighted by Crippen LogP contribution is 2.32. The lowest BCUT2D eigenvalue weighted by molar-refractivity contribution is -0.128. The lowest BCUT2D eigenvalue weighted by Gasteiger charge is -2.29. The van der Waals surface area contributed by atoms with E-state index >= 15 is 0 Å². The maximum atomic E-state index is 12.2. The number of carbonyl (C=O) groups excluding carboxylic acids is 1. The molecule has 0 bridgehead atoms. The SMILES string of the molecule is Cn1c2c(c3ccccc31)CC(NC(=O)C1CCC1)CC2. The maximum absolute atomic E-state index is 12.2. The number of rotatable bonds is 2. The molecule has 1 unspecified atom stereocenters. The van der Waals surface area contributed by atoms with Crippen molar-refractivity contribution in [2.24, 2.45) is 13.0 Å². The number of benzene rings is 1. The van der Waals surface area contributed by atoms with Gasteiger partial charge in [0.05, 0.1) is 0 Å². The molecule has 0 aliphatic heterocycles. The first-order chi connectivity index (χ1) is 10.2. The Hall–Kier alpha value is -1.77. The summed E-state index contributed by atoms with van der Waals surface area (Å²) >= 11 is 0. The number of aryl methyl sites for hydroxylation is 1. The zero-order valence-electron chi connectivity index (χ0n) is 12.6. The molecule has 2 aromatic rings. The molecule has 0 saturated heterocycles. The summed E-state index contributed by atoms with van der Waals surface area (Å²) in [5.41, 5.74) is 4.21. The molecule has 4 rings (SSSR count). The maximum Gasteiger partial charge on any atom is 0.223 e. The fourth-order valence-corrected chi connectivity index (χ4v) is 3.84. The molecule has 0 radical (unpaired) electrons. The van der Waals surface area contributed by atoms with Crippen LogP contribution in [0.4, 0.5) is 0 Å². The fraction of sp³-hybridized carbons (Fsp3) is 0.500. The molecule has 0 spiro atoms. The second kappa shape index (κ2) is 4.90. The Morgan fingerprint density at radius 2 is 2.05 bits per heavy atom. The molecule has 2 aliphatic rings. The van der Waals surface area contributed by atoms with Gasteiger partial charge in [-0.05, 0) is 43.7 Å². The lowest BCUT2D eigenvalue weighted by Crippen LogP contribution is -2.43. The van der Waals surface area contributed by atoms with Crippen LogP contribution in [0.2, 0.25) is 0 Å². The summed E-state index contributed by atoms with van der Waals surface area (Å²) < 4.78 is 2.33. The van der Waals surface area contributed by atoms with Gasteiger partial charge in [0, 0.05) is 35.6 Å². The number of para-hydroxylation sites is 1. The van der Waals surface area contributed by atoms with Gasteiger partial charge in [0.15, 0.2) is 0 Å². The predicted molar refractivity (Wildman–Crippen MR) is 84.2 cm³/mol. The molecule has 1 N–H and O–H groups in total. The van der Waals surface area contributed by atoms with Crippen molar-refractivity contribution in [2.45, 2.75) is 44.6 Å². The van der Waals surface area contributed by atoms with E-state index in [0.717, 1.165) is 32.1 Å². The normalized spacial score (nSPS) is 21.9. The quantitative estimate of drug-likeness (QED) is 0.903. The summed E-state index contributed by atoms with van der Waals surface area (Å²) in [5.74, 6) is 0.578. The average molecular weight is 282 g/mol. The molecule has 110 valence electrons. The van der Waals surface area contributed by atoms with Gasteiger partial charge >= 0.3 is 0 Å². The van der Waals surface area contributed by atoms with Crippen molar-refractivity contribution in [1.29, 1.82) is 0 Å². The molecule has 21 heavy (non-hydrogen) atoms. The zero-order valence-corrected chi connectivity index (χ0v) is 12.6. The van der Waals surface area contributed by atoms with Gasteiger partial charge in [0.1, 0.15) is 0 Å². The number of hydrogen-bond acceptors (Lipinski definition) is 1. The van der Waals surface area contributed by atoms with Crippen molar-refractivity contribution in [3.8, 4) is 0 Å². The van der Waals surface area contributed by atoms with Gasteiger partial charge in [-0.25, -0.2) is 0 Å². The number of aromatic nitrogens is 1. The van der Waals surface area contributed by atoms with Gasteiger partial charge < -0.3 is 9.88 Å². The number of carbonyl (C=O) groups is 1. The summed E-state index contributed by atoms with van der Waals surface area (Å²) in [6, 6.07) is 8.93. The molecule has 1 fully saturated rings. The zero-order chi connectivity index (χ0) is 14.4. The van der Waals surface area contributed by atoms with Crippen molar-refractivity contribution in [3.63, 3.8) is 0 Å². The Morgan fingerprint density at radius 1 is 1.24 bits per heavy atom. The largest absolute Gasteiger partial charge is 0.353 e. The summed E-state index contributed by atoms with van der Waals surface area (Å²) in [4.78, 5) is 12.2. The molecule has 1 aromatic carbocycles. The summed E-state index contributed by atoms with van der Waals surface area (Å²) in [5, 5.41) is 4.65. The van der Waals surface area contributed by atoms with Crippen LogP contribution in [0.25, 0.3) is 10.9 Å². The van der Waals surface area contributed by atoms with Crippen LogP contribution in [0.3, 0.4) is 0 Å². The van der Waals surface area contributed by atoms with E-state index in [1.54, 1.807) is 0 Å². The molecule has 1 saturated carbocycles. The van der Waals surface area contributed by atoms with Crippen LogP contribution in [0.15, 0.2) is 24.3 Å². The molecular weight excluding hydrogens is 260 g/mol. The van der Waals surface area contributed by atoms with Crippen LogP contribution < -0.4 is 5.32 Å². The van der Waals surface area contributed by atoms with E-state index in [0.29, 0.717) is 12.0 Å². The van der Waals surface area contributed by atoms with Crippen LogP contribution in [-0.4, -0.2) is 16.5 Å². The van der Waals surface area contributed by atoms with Gasteiger partial charge in [-0.15, -0.1) is 0 Å². The summed E-state index contributed by atoms with van der Waals surface area (Å²) in [7, 11) is 2.16. The minimum atomic E-state index is 0.287. The highest BCUT2D eigenvalue weighted by Gasteiger charge is 2.29. The Bertz CT molecular complexity index is 697. The van der Waals surface area contributed by atoms with Crippen LogP contribution in [0.1, 0.15) is 36.9 Å². The van der Waals surface area contributed by atoms with E-state index in [2.05, 4.69) is 41.2 Å². The van der Waals surface area contributed by atoms with E-state index < -0.39 is 0 Å².